The van der Waals surface area contributed by atoms with Crippen molar-refractivity contribution in [1.29, 1.82) is 0 Å². The Morgan fingerprint density at radius 1 is 1.45 bits per heavy atom. The number of hydrogen-bond acceptors (Lipinski definition) is 3. The summed E-state index contributed by atoms with van der Waals surface area (Å²) < 4.78 is 0. The molecule has 108 valence electrons. The van der Waals surface area contributed by atoms with Crippen LogP contribution < -0.4 is 0 Å². The number of aliphatic hydroxyl groups excluding tert-OH is 1. The van der Waals surface area contributed by atoms with Gasteiger partial charge in [0.05, 0.1) is 12.6 Å². The van der Waals surface area contributed by atoms with Crippen LogP contribution in [0.15, 0.2) is 43.0 Å². The Balaban J connectivity index is 2.32. The van der Waals surface area contributed by atoms with Crippen molar-refractivity contribution in [3.8, 4) is 0 Å². The minimum atomic E-state index is -1.60. The summed E-state index contributed by atoms with van der Waals surface area (Å²) in [6, 6.07) is 8.72. The van der Waals surface area contributed by atoms with Crippen molar-refractivity contribution in [1.82, 2.24) is 4.90 Å². The number of benzene rings is 1. The van der Waals surface area contributed by atoms with E-state index in [1.165, 1.54) is 0 Å². The highest BCUT2D eigenvalue weighted by atomic mass is 16.3. The number of amides is 1. The molecule has 0 spiro atoms. The van der Waals surface area contributed by atoms with E-state index in [1.54, 1.807) is 35.2 Å². The third kappa shape index (κ3) is 2.62. The molecule has 1 saturated heterocycles. The average Bonchev–Trinajstić information content (AvgIpc) is 2.96. The lowest BCUT2D eigenvalue weighted by Crippen LogP contribution is -2.49. The fourth-order valence-electron chi connectivity index (χ4n) is 2.78. The van der Waals surface area contributed by atoms with Crippen LogP contribution in [0.4, 0.5) is 0 Å². The second kappa shape index (κ2) is 6.20. The molecule has 0 radical (unpaired) electrons. The number of aliphatic hydroxyl groups is 2. The summed E-state index contributed by atoms with van der Waals surface area (Å²) in [6.07, 6.45) is 3.34. The summed E-state index contributed by atoms with van der Waals surface area (Å²) in [5.74, 6) is -0.347. The second-order valence-electron chi connectivity index (χ2n) is 5.20. The Kier molecular flexibility index (Phi) is 4.57. The fourth-order valence-corrected chi connectivity index (χ4v) is 2.78. The molecule has 4 nitrogen and oxygen atoms in total. The molecule has 2 N–H and O–H groups in total. The van der Waals surface area contributed by atoms with Gasteiger partial charge in [0.15, 0.2) is 5.60 Å². The standard InChI is InChI=1S/C16H21NO3/c1-2-10-16(20,13-7-4-3-5-8-13)15(19)17-11-6-9-14(17)12-18/h2-5,7-8,14,18,20H,1,6,9-12H2/t14-,16+/m0/s1. The molecule has 1 fully saturated rings. The number of carbonyl (C=O) groups excluding carboxylic acids is 1. The first-order valence-electron chi connectivity index (χ1n) is 6.94. The van der Waals surface area contributed by atoms with Crippen molar-refractivity contribution in [3.05, 3.63) is 48.6 Å². The molecule has 1 aromatic carbocycles. The molecule has 2 atom stereocenters. The van der Waals surface area contributed by atoms with Crippen molar-refractivity contribution in [3.63, 3.8) is 0 Å². The zero-order chi connectivity index (χ0) is 14.6. The van der Waals surface area contributed by atoms with E-state index >= 15 is 0 Å². The zero-order valence-electron chi connectivity index (χ0n) is 11.5. The van der Waals surface area contributed by atoms with Crippen LogP contribution >= 0.6 is 0 Å². The van der Waals surface area contributed by atoms with Gasteiger partial charge in [0.1, 0.15) is 0 Å². The second-order valence-corrected chi connectivity index (χ2v) is 5.20. The van der Waals surface area contributed by atoms with Gasteiger partial charge in [0, 0.05) is 13.0 Å². The lowest BCUT2D eigenvalue weighted by atomic mass is 9.88. The van der Waals surface area contributed by atoms with Gasteiger partial charge in [0.25, 0.3) is 5.91 Å². The van der Waals surface area contributed by atoms with Gasteiger partial charge < -0.3 is 15.1 Å². The molecule has 1 aromatic rings. The normalized spacial score (nSPS) is 21.5. The molecule has 2 rings (SSSR count). The van der Waals surface area contributed by atoms with Gasteiger partial charge in [-0.05, 0) is 18.4 Å². The van der Waals surface area contributed by atoms with Crippen molar-refractivity contribution < 1.29 is 15.0 Å². The smallest absolute Gasteiger partial charge is 0.259 e. The largest absolute Gasteiger partial charge is 0.394 e. The minimum absolute atomic E-state index is 0.0648. The molecule has 4 heteroatoms. The number of nitrogens with zero attached hydrogens (tertiary/aromatic N) is 1. The van der Waals surface area contributed by atoms with E-state index in [0.29, 0.717) is 12.1 Å². The number of rotatable bonds is 5. The van der Waals surface area contributed by atoms with Crippen molar-refractivity contribution in [2.24, 2.45) is 0 Å². The van der Waals surface area contributed by atoms with Crippen LogP contribution in [0.1, 0.15) is 24.8 Å². The summed E-state index contributed by atoms with van der Waals surface area (Å²) in [5.41, 5.74) is -1.03. The van der Waals surface area contributed by atoms with Gasteiger partial charge in [-0.1, -0.05) is 36.4 Å². The molecule has 1 heterocycles. The number of carbonyl (C=O) groups is 1. The lowest BCUT2D eigenvalue weighted by Gasteiger charge is -2.33. The summed E-state index contributed by atoms with van der Waals surface area (Å²) in [4.78, 5) is 14.3. The van der Waals surface area contributed by atoms with E-state index in [4.69, 9.17) is 0 Å². The van der Waals surface area contributed by atoms with Crippen LogP contribution in [0.5, 0.6) is 0 Å². The highest BCUT2D eigenvalue weighted by molar-refractivity contribution is 5.87. The Labute approximate surface area is 119 Å². The topological polar surface area (TPSA) is 60.8 Å². The maximum Gasteiger partial charge on any atom is 0.259 e. The van der Waals surface area contributed by atoms with Crippen molar-refractivity contribution >= 4 is 5.91 Å². The minimum Gasteiger partial charge on any atom is -0.394 e. The SMILES string of the molecule is C=CC[C@](O)(C(=O)N1CCC[C@H]1CO)c1ccccc1. The Morgan fingerprint density at radius 3 is 2.75 bits per heavy atom. The van der Waals surface area contributed by atoms with Gasteiger partial charge in [-0.2, -0.15) is 0 Å². The molecule has 0 unspecified atom stereocenters. The van der Waals surface area contributed by atoms with E-state index < -0.39 is 5.60 Å². The quantitative estimate of drug-likeness (QED) is 0.799. The molecule has 0 aliphatic carbocycles. The van der Waals surface area contributed by atoms with Gasteiger partial charge in [0.2, 0.25) is 0 Å². The lowest BCUT2D eigenvalue weighted by molar-refractivity contribution is -0.154. The van der Waals surface area contributed by atoms with Gasteiger partial charge in [-0.25, -0.2) is 0 Å². The van der Waals surface area contributed by atoms with Crippen LogP contribution in [-0.4, -0.2) is 40.2 Å². The van der Waals surface area contributed by atoms with E-state index in [0.717, 1.165) is 12.8 Å². The first-order valence-corrected chi connectivity index (χ1v) is 6.94. The monoisotopic (exact) mass is 275 g/mol. The summed E-state index contributed by atoms with van der Waals surface area (Å²) in [7, 11) is 0. The molecule has 0 bridgehead atoms. The number of likely N-dealkylation sites (tertiary alicyclic amines) is 1. The predicted molar refractivity (Wildman–Crippen MR) is 77.0 cm³/mol. The Morgan fingerprint density at radius 2 is 2.15 bits per heavy atom. The Bertz CT molecular complexity index is 474. The van der Waals surface area contributed by atoms with E-state index in [1.807, 2.05) is 6.07 Å². The Hall–Kier alpha value is -1.65. The highest BCUT2D eigenvalue weighted by Gasteiger charge is 2.43. The average molecular weight is 275 g/mol. The van der Waals surface area contributed by atoms with Gasteiger partial charge in [-0.3, -0.25) is 4.79 Å². The molecule has 0 aromatic heterocycles. The van der Waals surface area contributed by atoms with E-state index in [-0.39, 0.29) is 25.0 Å². The molecular formula is C16H21NO3. The molecule has 0 saturated carbocycles. The van der Waals surface area contributed by atoms with Crippen LogP contribution in [0.25, 0.3) is 0 Å². The third-order valence-corrected chi connectivity index (χ3v) is 3.89. The van der Waals surface area contributed by atoms with Gasteiger partial charge in [-0.15, -0.1) is 6.58 Å². The molecule has 1 aliphatic heterocycles. The van der Waals surface area contributed by atoms with Crippen LogP contribution in [0.3, 0.4) is 0 Å². The molecule has 20 heavy (non-hydrogen) atoms. The van der Waals surface area contributed by atoms with E-state index in [9.17, 15) is 15.0 Å². The highest BCUT2D eigenvalue weighted by Crippen LogP contribution is 2.31. The maximum atomic E-state index is 12.7. The fraction of sp³-hybridized carbons (Fsp3) is 0.438. The van der Waals surface area contributed by atoms with Gasteiger partial charge >= 0.3 is 0 Å². The first kappa shape index (κ1) is 14.8. The van der Waals surface area contributed by atoms with Crippen molar-refractivity contribution in [2.75, 3.05) is 13.2 Å². The molecular weight excluding hydrogens is 254 g/mol. The maximum absolute atomic E-state index is 12.7. The number of hydrogen-bond donors (Lipinski definition) is 2. The van der Waals surface area contributed by atoms with Crippen LogP contribution in [0.2, 0.25) is 0 Å². The summed E-state index contributed by atoms with van der Waals surface area (Å²) in [5, 5.41) is 20.2. The molecule has 1 aliphatic rings. The van der Waals surface area contributed by atoms with Crippen molar-refractivity contribution in [2.45, 2.75) is 30.9 Å². The third-order valence-electron chi connectivity index (χ3n) is 3.89. The predicted octanol–water partition coefficient (Wildman–Crippen LogP) is 1.43. The first-order chi connectivity index (χ1) is 9.63. The zero-order valence-corrected chi connectivity index (χ0v) is 11.5. The summed E-state index contributed by atoms with van der Waals surface area (Å²) in [6.45, 7) is 4.15. The summed E-state index contributed by atoms with van der Waals surface area (Å²) >= 11 is 0. The van der Waals surface area contributed by atoms with Crippen LogP contribution in [0, 0.1) is 0 Å². The molecule has 1 amide bonds. The van der Waals surface area contributed by atoms with Crippen LogP contribution in [-0.2, 0) is 10.4 Å². The van der Waals surface area contributed by atoms with E-state index in [2.05, 4.69) is 6.58 Å².